The Bertz CT molecular complexity index is 872. The number of amides is 1. The van der Waals surface area contributed by atoms with E-state index in [-0.39, 0.29) is 11.8 Å². The van der Waals surface area contributed by atoms with Gasteiger partial charge in [0.15, 0.2) is 0 Å². The lowest BCUT2D eigenvalue weighted by atomic mass is 10.0. The van der Waals surface area contributed by atoms with Crippen molar-refractivity contribution >= 4 is 23.3 Å². The molecule has 3 rings (SSSR count). The van der Waals surface area contributed by atoms with Crippen LogP contribution in [0.2, 0.25) is 0 Å². The molecule has 0 unspecified atom stereocenters. The second-order valence-electron chi connectivity index (χ2n) is 5.66. The Kier molecular flexibility index (Phi) is 4.67. The van der Waals surface area contributed by atoms with Crippen LogP contribution in [0.5, 0.6) is 0 Å². The second kappa shape index (κ2) is 6.89. The molecule has 0 atom stereocenters. The van der Waals surface area contributed by atoms with Gasteiger partial charge in [-0.1, -0.05) is 35.9 Å². The summed E-state index contributed by atoms with van der Waals surface area (Å²) >= 11 is 5.63. The summed E-state index contributed by atoms with van der Waals surface area (Å²) in [4.78, 5) is 11.7. The monoisotopic (exact) mass is 339 g/mol. The molecule has 0 bridgehead atoms. The van der Waals surface area contributed by atoms with E-state index in [9.17, 15) is 4.79 Å². The first kappa shape index (κ1) is 16.3. The van der Waals surface area contributed by atoms with Gasteiger partial charge in [-0.3, -0.25) is 4.79 Å². The standard InChI is InChI=1S/C19H18ClN3O/c1-13-8-9-14(2)16(10-13)17-11-18(21-19(24)12-20)23(22-17)15-6-4-3-5-7-15/h3-11H,12H2,1-2H3,(H,21,24). The zero-order chi connectivity index (χ0) is 17.1. The molecule has 0 saturated heterocycles. The third-order valence-electron chi connectivity index (χ3n) is 3.77. The molecule has 3 aromatic rings. The Balaban J connectivity index is 2.12. The minimum absolute atomic E-state index is 0.0984. The van der Waals surface area contributed by atoms with E-state index < -0.39 is 0 Å². The van der Waals surface area contributed by atoms with Gasteiger partial charge >= 0.3 is 0 Å². The fraction of sp³-hybridized carbons (Fsp3) is 0.158. The van der Waals surface area contributed by atoms with E-state index in [0.717, 1.165) is 28.1 Å². The Morgan fingerprint density at radius 1 is 1.12 bits per heavy atom. The van der Waals surface area contributed by atoms with Crippen LogP contribution in [0, 0.1) is 13.8 Å². The number of alkyl halides is 1. The molecule has 5 heteroatoms. The molecule has 0 radical (unpaired) electrons. The summed E-state index contributed by atoms with van der Waals surface area (Å²) in [7, 11) is 0. The first-order valence-electron chi connectivity index (χ1n) is 7.67. The summed E-state index contributed by atoms with van der Waals surface area (Å²) in [5, 5.41) is 7.51. The van der Waals surface area contributed by atoms with E-state index in [4.69, 9.17) is 16.7 Å². The highest BCUT2D eigenvalue weighted by molar-refractivity contribution is 6.29. The molecule has 1 aromatic heterocycles. The van der Waals surface area contributed by atoms with Gasteiger partial charge in [-0.15, -0.1) is 11.6 Å². The molecule has 0 fully saturated rings. The lowest BCUT2D eigenvalue weighted by Crippen LogP contribution is -2.15. The highest BCUT2D eigenvalue weighted by Gasteiger charge is 2.14. The number of carbonyl (C=O) groups excluding carboxylic acids is 1. The molecule has 0 aliphatic rings. The average Bonchev–Trinajstić information content (AvgIpc) is 3.01. The van der Waals surface area contributed by atoms with Gasteiger partial charge in [0.2, 0.25) is 5.91 Å². The van der Waals surface area contributed by atoms with Crippen molar-refractivity contribution in [2.75, 3.05) is 11.2 Å². The van der Waals surface area contributed by atoms with Gasteiger partial charge in [-0.2, -0.15) is 5.10 Å². The largest absolute Gasteiger partial charge is 0.310 e. The molecule has 2 aromatic carbocycles. The third kappa shape index (κ3) is 3.34. The van der Waals surface area contributed by atoms with Crippen LogP contribution in [0.4, 0.5) is 5.82 Å². The lowest BCUT2D eigenvalue weighted by Gasteiger charge is -2.07. The summed E-state index contributed by atoms with van der Waals surface area (Å²) in [5.74, 6) is 0.239. The highest BCUT2D eigenvalue weighted by atomic mass is 35.5. The van der Waals surface area contributed by atoms with Crippen LogP contribution in [0.25, 0.3) is 16.9 Å². The van der Waals surface area contributed by atoms with Crippen molar-refractivity contribution in [3.8, 4) is 16.9 Å². The van der Waals surface area contributed by atoms with E-state index in [1.54, 1.807) is 4.68 Å². The van der Waals surface area contributed by atoms with Crippen LogP contribution in [0.3, 0.4) is 0 Å². The van der Waals surface area contributed by atoms with Gasteiger partial charge in [0.1, 0.15) is 11.7 Å². The van der Waals surface area contributed by atoms with Gasteiger partial charge in [-0.05, 0) is 37.6 Å². The van der Waals surface area contributed by atoms with Crippen molar-refractivity contribution in [1.82, 2.24) is 9.78 Å². The number of rotatable bonds is 4. The normalized spacial score (nSPS) is 10.6. The molecular formula is C19H18ClN3O. The zero-order valence-corrected chi connectivity index (χ0v) is 14.3. The molecular weight excluding hydrogens is 322 g/mol. The maximum Gasteiger partial charge on any atom is 0.240 e. The molecule has 1 N–H and O–H groups in total. The van der Waals surface area contributed by atoms with Crippen molar-refractivity contribution in [2.45, 2.75) is 13.8 Å². The summed E-state index contributed by atoms with van der Waals surface area (Å²) in [6.07, 6.45) is 0. The summed E-state index contributed by atoms with van der Waals surface area (Å²) in [6.45, 7) is 4.10. The van der Waals surface area contributed by atoms with Crippen LogP contribution in [-0.4, -0.2) is 21.6 Å². The van der Waals surface area contributed by atoms with E-state index in [2.05, 4.69) is 23.5 Å². The van der Waals surface area contributed by atoms with Gasteiger partial charge in [-0.25, -0.2) is 4.68 Å². The SMILES string of the molecule is Cc1ccc(C)c(-c2cc(NC(=O)CCl)n(-c3ccccc3)n2)c1. The molecule has 1 heterocycles. The maximum atomic E-state index is 11.7. The topological polar surface area (TPSA) is 46.9 Å². The van der Waals surface area contributed by atoms with Crippen LogP contribution in [0.15, 0.2) is 54.6 Å². The summed E-state index contributed by atoms with van der Waals surface area (Å²) in [5.41, 5.74) is 5.03. The minimum Gasteiger partial charge on any atom is -0.310 e. The van der Waals surface area contributed by atoms with Crippen LogP contribution < -0.4 is 5.32 Å². The first-order valence-corrected chi connectivity index (χ1v) is 8.21. The second-order valence-corrected chi connectivity index (χ2v) is 5.93. The minimum atomic E-state index is -0.263. The van der Waals surface area contributed by atoms with Crippen LogP contribution in [-0.2, 0) is 4.79 Å². The first-order chi connectivity index (χ1) is 11.6. The van der Waals surface area contributed by atoms with Gasteiger partial charge < -0.3 is 5.32 Å². The molecule has 0 aliphatic heterocycles. The maximum absolute atomic E-state index is 11.7. The van der Waals surface area contributed by atoms with Crippen LogP contribution in [0.1, 0.15) is 11.1 Å². The molecule has 4 nitrogen and oxygen atoms in total. The van der Waals surface area contributed by atoms with E-state index in [0.29, 0.717) is 5.82 Å². The molecule has 24 heavy (non-hydrogen) atoms. The van der Waals surface area contributed by atoms with Gasteiger partial charge in [0.25, 0.3) is 0 Å². The average molecular weight is 340 g/mol. The van der Waals surface area contributed by atoms with E-state index in [1.165, 1.54) is 0 Å². The quantitative estimate of drug-likeness (QED) is 0.719. The number of aryl methyl sites for hydroxylation is 2. The third-order valence-corrected chi connectivity index (χ3v) is 4.01. The van der Waals surface area contributed by atoms with Crippen molar-refractivity contribution in [1.29, 1.82) is 0 Å². The number of nitrogens with zero attached hydrogens (tertiary/aromatic N) is 2. The molecule has 0 spiro atoms. The van der Waals surface area contributed by atoms with Gasteiger partial charge in [0.05, 0.1) is 11.4 Å². The molecule has 0 aliphatic carbocycles. The number of benzene rings is 2. The van der Waals surface area contributed by atoms with Crippen molar-refractivity contribution in [2.24, 2.45) is 0 Å². The highest BCUT2D eigenvalue weighted by Crippen LogP contribution is 2.28. The Morgan fingerprint density at radius 3 is 2.58 bits per heavy atom. The van der Waals surface area contributed by atoms with Crippen molar-refractivity contribution in [3.63, 3.8) is 0 Å². The Hall–Kier alpha value is -2.59. The molecule has 1 amide bonds. The zero-order valence-electron chi connectivity index (χ0n) is 13.6. The predicted molar refractivity (Wildman–Crippen MR) is 97.8 cm³/mol. The number of hydrogen-bond donors (Lipinski definition) is 1. The number of carbonyl (C=O) groups is 1. The fourth-order valence-corrected chi connectivity index (χ4v) is 2.62. The van der Waals surface area contributed by atoms with Crippen LogP contribution >= 0.6 is 11.6 Å². The number of halogens is 1. The Labute approximate surface area is 146 Å². The molecule has 122 valence electrons. The number of anilines is 1. The number of hydrogen-bond acceptors (Lipinski definition) is 2. The number of para-hydroxylation sites is 1. The van der Waals surface area contributed by atoms with E-state index in [1.807, 2.05) is 50.2 Å². The fourth-order valence-electron chi connectivity index (χ4n) is 2.56. The Morgan fingerprint density at radius 2 is 1.88 bits per heavy atom. The van der Waals surface area contributed by atoms with Crippen molar-refractivity contribution in [3.05, 3.63) is 65.7 Å². The predicted octanol–water partition coefficient (Wildman–Crippen LogP) is 4.33. The summed E-state index contributed by atoms with van der Waals surface area (Å²) in [6, 6.07) is 17.8. The number of nitrogens with one attached hydrogen (secondary N) is 1. The summed E-state index contributed by atoms with van der Waals surface area (Å²) < 4.78 is 1.72. The number of aromatic nitrogens is 2. The smallest absolute Gasteiger partial charge is 0.240 e. The lowest BCUT2D eigenvalue weighted by molar-refractivity contribution is -0.114. The van der Waals surface area contributed by atoms with Gasteiger partial charge in [0, 0.05) is 11.6 Å². The van der Waals surface area contributed by atoms with E-state index >= 15 is 0 Å². The van der Waals surface area contributed by atoms with Crippen molar-refractivity contribution < 1.29 is 4.79 Å². The molecule has 0 saturated carbocycles.